The number of carbonyl (C=O) groups excluding carboxylic acids is 3. The molecule has 1 fully saturated rings. The summed E-state index contributed by atoms with van der Waals surface area (Å²) in [5.74, 6) is -2.41. The van der Waals surface area contributed by atoms with Gasteiger partial charge in [-0.05, 0) is 37.6 Å². The van der Waals surface area contributed by atoms with E-state index in [9.17, 15) is 27.2 Å². The summed E-state index contributed by atoms with van der Waals surface area (Å²) in [6.07, 6.45) is -0.812. The maximum Gasteiger partial charge on any atom is 0.355 e. The van der Waals surface area contributed by atoms with Crippen LogP contribution in [-0.4, -0.2) is 60.4 Å². The second-order valence-electron chi connectivity index (χ2n) is 6.76. The van der Waals surface area contributed by atoms with Crippen molar-refractivity contribution >= 4 is 33.2 Å². The molecule has 8 nitrogen and oxygen atoms in total. The number of rotatable bonds is 5. The number of halogens is 1. The summed E-state index contributed by atoms with van der Waals surface area (Å²) in [5.41, 5.74) is 0.155. The normalized spacial score (nSPS) is 22.5. The number of ether oxygens (including phenoxy) is 1. The zero-order chi connectivity index (χ0) is 20.5. The lowest BCUT2D eigenvalue weighted by Crippen LogP contribution is -2.42. The molecular formula is C18H19FN2O6S. The molecule has 0 aromatic heterocycles. The quantitative estimate of drug-likeness (QED) is 0.531. The zero-order valence-corrected chi connectivity index (χ0v) is 15.9. The van der Waals surface area contributed by atoms with Crippen LogP contribution in [0.2, 0.25) is 0 Å². The van der Waals surface area contributed by atoms with E-state index in [4.69, 9.17) is 4.74 Å². The fourth-order valence-corrected chi connectivity index (χ4v) is 4.80. The highest BCUT2D eigenvalue weighted by molar-refractivity contribution is 7.91. The molecule has 1 aromatic rings. The van der Waals surface area contributed by atoms with Crippen LogP contribution in [0.3, 0.4) is 0 Å². The number of amides is 1. The summed E-state index contributed by atoms with van der Waals surface area (Å²) in [4.78, 5) is 36.8. The molecule has 1 saturated heterocycles. The van der Waals surface area contributed by atoms with Crippen molar-refractivity contribution in [2.24, 2.45) is 5.10 Å². The van der Waals surface area contributed by atoms with Crippen molar-refractivity contribution in [1.82, 2.24) is 5.01 Å². The third-order valence-corrected chi connectivity index (χ3v) is 6.38. The van der Waals surface area contributed by atoms with Crippen LogP contribution in [-0.2, 0) is 24.2 Å². The lowest BCUT2D eigenvalue weighted by Gasteiger charge is -2.27. The van der Waals surface area contributed by atoms with Crippen molar-refractivity contribution in [1.29, 1.82) is 0 Å². The minimum Gasteiger partial charge on any atom is -0.450 e. The van der Waals surface area contributed by atoms with E-state index < -0.39 is 39.6 Å². The number of nitrogens with zero attached hydrogens (tertiary/aromatic N) is 2. The molecular weight excluding hydrogens is 391 g/mol. The molecule has 1 aromatic carbocycles. The van der Waals surface area contributed by atoms with Gasteiger partial charge in [0, 0.05) is 18.4 Å². The summed E-state index contributed by atoms with van der Waals surface area (Å²) in [7, 11) is -3.22. The van der Waals surface area contributed by atoms with E-state index in [-0.39, 0.29) is 48.0 Å². The van der Waals surface area contributed by atoms with Crippen molar-refractivity contribution in [2.75, 3.05) is 11.5 Å². The van der Waals surface area contributed by atoms with E-state index in [2.05, 4.69) is 5.10 Å². The van der Waals surface area contributed by atoms with Gasteiger partial charge in [-0.25, -0.2) is 22.6 Å². The molecule has 2 aliphatic heterocycles. The van der Waals surface area contributed by atoms with Gasteiger partial charge in [-0.15, -0.1) is 0 Å². The lowest BCUT2D eigenvalue weighted by molar-refractivity contribution is -0.139. The van der Waals surface area contributed by atoms with Gasteiger partial charge in [0.05, 0.1) is 17.5 Å². The fraction of sp³-hybridized carbons (Fsp3) is 0.444. The Hall–Kier alpha value is -2.62. The van der Waals surface area contributed by atoms with Crippen LogP contribution in [0.1, 0.15) is 36.5 Å². The third-order valence-electron chi connectivity index (χ3n) is 4.63. The molecule has 0 unspecified atom stereocenters. The highest BCUT2D eigenvalue weighted by Gasteiger charge is 2.37. The van der Waals surface area contributed by atoms with Gasteiger partial charge in [-0.3, -0.25) is 9.59 Å². The van der Waals surface area contributed by atoms with Crippen LogP contribution >= 0.6 is 0 Å². The van der Waals surface area contributed by atoms with Gasteiger partial charge >= 0.3 is 5.97 Å². The summed E-state index contributed by atoms with van der Waals surface area (Å²) in [6, 6.07) is 4.25. The first kappa shape index (κ1) is 20.1. The number of ketones is 1. The predicted molar refractivity (Wildman–Crippen MR) is 96.9 cm³/mol. The fourth-order valence-electron chi connectivity index (χ4n) is 3.10. The van der Waals surface area contributed by atoms with Crippen LogP contribution in [0, 0.1) is 5.82 Å². The topological polar surface area (TPSA) is 110 Å². The Kier molecular flexibility index (Phi) is 5.59. The largest absolute Gasteiger partial charge is 0.450 e. The number of carbonyl (C=O) groups is 3. The molecule has 3 rings (SSSR count). The number of hydrazone groups is 1. The van der Waals surface area contributed by atoms with E-state index in [0.29, 0.717) is 0 Å². The Morgan fingerprint density at radius 1 is 1.25 bits per heavy atom. The second-order valence-corrected chi connectivity index (χ2v) is 8.99. The monoisotopic (exact) mass is 410 g/mol. The smallest absolute Gasteiger partial charge is 0.355 e. The van der Waals surface area contributed by atoms with E-state index in [0.717, 1.165) is 17.1 Å². The van der Waals surface area contributed by atoms with Crippen LogP contribution in [0.4, 0.5) is 4.39 Å². The van der Waals surface area contributed by atoms with E-state index in [1.165, 1.54) is 19.1 Å². The van der Waals surface area contributed by atoms with Gasteiger partial charge in [-0.1, -0.05) is 0 Å². The number of Topliss-reactive ketones (excluding diaryl/α,β-unsaturated/α-hetero) is 1. The molecule has 2 heterocycles. The molecule has 0 radical (unpaired) electrons. The van der Waals surface area contributed by atoms with Gasteiger partial charge in [0.25, 0.3) is 0 Å². The Morgan fingerprint density at radius 2 is 1.93 bits per heavy atom. The van der Waals surface area contributed by atoms with Crippen molar-refractivity contribution < 1.29 is 31.9 Å². The van der Waals surface area contributed by atoms with Gasteiger partial charge in [-0.2, -0.15) is 5.10 Å². The van der Waals surface area contributed by atoms with Crippen molar-refractivity contribution in [3.8, 4) is 0 Å². The molecule has 28 heavy (non-hydrogen) atoms. The lowest BCUT2D eigenvalue weighted by atomic mass is 10.1. The number of sulfone groups is 1. The zero-order valence-electron chi connectivity index (χ0n) is 15.1. The highest BCUT2D eigenvalue weighted by Crippen LogP contribution is 2.22. The summed E-state index contributed by atoms with van der Waals surface area (Å²) in [5, 5.41) is 5.06. The second kappa shape index (κ2) is 7.78. The molecule has 2 atom stereocenters. The van der Waals surface area contributed by atoms with Gasteiger partial charge in [0.2, 0.25) is 11.7 Å². The number of esters is 1. The van der Waals surface area contributed by atoms with Crippen molar-refractivity contribution in [2.45, 2.75) is 38.3 Å². The van der Waals surface area contributed by atoms with Crippen LogP contribution in [0.5, 0.6) is 0 Å². The summed E-state index contributed by atoms with van der Waals surface area (Å²) < 4.78 is 41.4. The minimum absolute atomic E-state index is 0.00473. The first-order valence-electron chi connectivity index (χ1n) is 8.77. The molecule has 0 saturated carbocycles. The highest BCUT2D eigenvalue weighted by atomic mass is 32.2. The van der Waals surface area contributed by atoms with Crippen LogP contribution in [0.25, 0.3) is 0 Å². The molecule has 0 aliphatic carbocycles. The number of hydrogen-bond acceptors (Lipinski definition) is 7. The number of hydrogen-bond donors (Lipinski definition) is 0. The Bertz CT molecular complexity index is 941. The van der Waals surface area contributed by atoms with Crippen molar-refractivity contribution in [3.63, 3.8) is 0 Å². The SMILES string of the molecule is C[C@@H](OC(=O)C1=NN([C@@H]2CCS(=O)(=O)C2)C(=O)CC1)C(=O)c1ccc(F)cc1. The molecule has 10 heteroatoms. The average molecular weight is 410 g/mol. The first-order chi connectivity index (χ1) is 13.2. The Morgan fingerprint density at radius 3 is 2.54 bits per heavy atom. The third kappa shape index (κ3) is 4.44. The number of benzene rings is 1. The molecule has 2 aliphatic rings. The van der Waals surface area contributed by atoms with E-state index in [1.807, 2.05) is 0 Å². The molecule has 150 valence electrons. The summed E-state index contributed by atoms with van der Waals surface area (Å²) >= 11 is 0. The minimum atomic E-state index is -3.22. The first-order valence-corrected chi connectivity index (χ1v) is 10.6. The van der Waals surface area contributed by atoms with Gasteiger partial charge < -0.3 is 4.74 Å². The summed E-state index contributed by atoms with van der Waals surface area (Å²) in [6.45, 7) is 1.39. The maximum absolute atomic E-state index is 13.0. The van der Waals surface area contributed by atoms with Crippen LogP contribution in [0.15, 0.2) is 29.4 Å². The molecule has 0 spiro atoms. The molecule has 0 N–H and O–H groups in total. The van der Waals surface area contributed by atoms with Crippen LogP contribution < -0.4 is 0 Å². The maximum atomic E-state index is 13.0. The standard InChI is InChI=1S/C18H19FN2O6S/c1-11(17(23)12-2-4-13(19)5-3-12)27-18(24)15-6-7-16(22)21(20-15)14-8-9-28(25,26)10-14/h2-5,11,14H,6-10H2,1H3/t11-,14-/m1/s1. The van der Waals surface area contributed by atoms with Crippen molar-refractivity contribution in [3.05, 3.63) is 35.6 Å². The van der Waals surface area contributed by atoms with E-state index in [1.54, 1.807) is 0 Å². The molecule has 0 bridgehead atoms. The Labute approximate surface area is 161 Å². The average Bonchev–Trinajstić information content (AvgIpc) is 3.01. The molecule has 1 amide bonds. The van der Waals surface area contributed by atoms with Gasteiger partial charge in [0.1, 0.15) is 11.5 Å². The van der Waals surface area contributed by atoms with E-state index >= 15 is 0 Å². The van der Waals surface area contributed by atoms with Gasteiger partial charge in [0.15, 0.2) is 15.9 Å². The Balaban J connectivity index is 1.69. The predicted octanol–water partition coefficient (Wildman–Crippen LogP) is 1.11.